The van der Waals surface area contributed by atoms with E-state index in [0.717, 1.165) is 36.6 Å². The largest absolute Gasteiger partial charge is 0.322 e. The third-order valence-electron chi connectivity index (χ3n) is 5.84. The number of thioether (sulfide) groups is 1. The Kier molecular flexibility index (Phi) is 6.87. The van der Waals surface area contributed by atoms with Crippen molar-refractivity contribution in [2.75, 3.05) is 17.6 Å². The number of carbonyl (C=O) groups excluding carboxylic acids is 3. The van der Waals surface area contributed by atoms with Crippen molar-refractivity contribution in [1.82, 2.24) is 9.21 Å². The van der Waals surface area contributed by atoms with Crippen LogP contribution in [-0.4, -0.2) is 53.0 Å². The summed E-state index contributed by atoms with van der Waals surface area (Å²) in [6.45, 7) is 2.58. The highest BCUT2D eigenvalue weighted by Gasteiger charge is 2.31. The summed E-state index contributed by atoms with van der Waals surface area (Å²) >= 11 is 0.988. The van der Waals surface area contributed by atoms with Gasteiger partial charge in [0.1, 0.15) is 0 Å². The van der Waals surface area contributed by atoms with Crippen molar-refractivity contribution in [3.8, 4) is 0 Å². The highest BCUT2D eigenvalue weighted by atomic mass is 32.2. The van der Waals surface area contributed by atoms with E-state index in [9.17, 15) is 22.8 Å². The van der Waals surface area contributed by atoms with E-state index in [1.165, 1.54) is 21.3 Å². The molecule has 2 saturated heterocycles. The fourth-order valence-corrected chi connectivity index (χ4v) is 6.45. The van der Waals surface area contributed by atoms with Crippen molar-refractivity contribution in [2.45, 2.75) is 43.7 Å². The van der Waals surface area contributed by atoms with Crippen LogP contribution in [0.1, 0.15) is 42.1 Å². The highest BCUT2D eigenvalue weighted by molar-refractivity contribution is 8.14. The molecule has 0 saturated carbocycles. The maximum absolute atomic E-state index is 13.1. The second-order valence-corrected chi connectivity index (χ2v) is 11.0. The summed E-state index contributed by atoms with van der Waals surface area (Å²) in [5.74, 6) is -0.470. The fraction of sp³-hybridized carbons (Fsp3) is 0.348. The number of amides is 3. The molecule has 0 radical (unpaired) electrons. The second kappa shape index (κ2) is 9.66. The molecule has 2 aromatic rings. The maximum atomic E-state index is 13.1. The van der Waals surface area contributed by atoms with E-state index < -0.39 is 15.9 Å². The molecule has 33 heavy (non-hydrogen) atoms. The summed E-state index contributed by atoms with van der Waals surface area (Å²) in [7, 11) is -3.67. The number of nitrogens with one attached hydrogen (secondary N) is 1. The van der Waals surface area contributed by atoms with E-state index >= 15 is 0 Å². The third kappa shape index (κ3) is 5.13. The molecule has 2 aliphatic heterocycles. The lowest BCUT2D eigenvalue weighted by atomic mass is 10.1. The van der Waals surface area contributed by atoms with Crippen LogP contribution in [0.5, 0.6) is 0 Å². The van der Waals surface area contributed by atoms with Gasteiger partial charge in [-0.1, -0.05) is 36.4 Å². The number of hydrogen-bond donors (Lipinski definition) is 1. The SMILES string of the molecule is CC1CCCCN1S(=O)(=O)c1cccc(C(=O)Nc2ccc(CN3C(=O)CSC3=O)cc2)c1. The van der Waals surface area contributed by atoms with Gasteiger partial charge in [0.2, 0.25) is 15.9 Å². The third-order valence-corrected chi connectivity index (χ3v) is 8.71. The molecule has 2 fully saturated rings. The van der Waals surface area contributed by atoms with Crippen LogP contribution < -0.4 is 5.32 Å². The van der Waals surface area contributed by atoms with Gasteiger partial charge in [0.15, 0.2) is 0 Å². The van der Waals surface area contributed by atoms with Gasteiger partial charge in [0.05, 0.1) is 17.2 Å². The number of benzene rings is 2. The van der Waals surface area contributed by atoms with Crippen molar-refractivity contribution in [3.05, 3.63) is 59.7 Å². The molecule has 4 rings (SSSR count). The number of hydrogen-bond acceptors (Lipinski definition) is 6. The van der Waals surface area contributed by atoms with Gasteiger partial charge < -0.3 is 5.32 Å². The van der Waals surface area contributed by atoms with Gasteiger partial charge in [-0.3, -0.25) is 19.3 Å². The van der Waals surface area contributed by atoms with Gasteiger partial charge in [-0.2, -0.15) is 4.31 Å². The zero-order chi connectivity index (χ0) is 23.6. The van der Waals surface area contributed by atoms with Crippen LogP contribution in [-0.2, 0) is 21.4 Å². The zero-order valence-electron chi connectivity index (χ0n) is 18.2. The first-order valence-corrected chi connectivity index (χ1v) is 13.2. The molecule has 2 heterocycles. The highest BCUT2D eigenvalue weighted by Crippen LogP contribution is 2.26. The number of nitrogens with zero attached hydrogens (tertiary/aromatic N) is 2. The predicted octanol–water partition coefficient (Wildman–Crippen LogP) is 3.70. The fourth-order valence-electron chi connectivity index (χ4n) is 3.98. The topological polar surface area (TPSA) is 104 Å². The van der Waals surface area contributed by atoms with Gasteiger partial charge in [-0.15, -0.1) is 0 Å². The molecule has 0 spiro atoms. The molecule has 0 bridgehead atoms. The van der Waals surface area contributed by atoms with Crippen LogP contribution >= 0.6 is 11.8 Å². The van der Waals surface area contributed by atoms with Crippen molar-refractivity contribution < 1.29 is 22.8 Å². The summed E-state index contributed by atoms with van der Waals surface area (Å²) < 4.78 is 27.7. The number of piperidine rings is 1. The maximum Gasteiger partial charge on any atom is 0.289 e. The summed E-state index contributed by atoms with van der Waals surface area (Å²) in [6.07, 6.45) is 2.67. The Balaban J connectivity index is 1.45. The average Bonchev–Trinajstić information content (AvgIpc) is 3.12. The van der Waals surface area contributed by atoms with E-state index in [-0.39, 0.29) is 39.9 Å². The quantitative estimate of drug-likeness (QED) is 0.666. The predicted molar refractivity (Wildman–Crippen MR) is 126 cm³/mol. The van der Waals surface area contributed by atoms with E-state index in [1.807, 2.05) is 6.92 Å². The molecule has 10 heteroatoms. The Labute approximate surface area is 197 Å². The monoisotopic (exact) mass is 487 g/mol. The van der Waals surface area contributed by atoms with Crippen LogP contribution in [0.15, 0.2) is 53.4 Å². The summed E-state index contributed by atoms with van der Waals surface area (Å²) in [5, 5.41) is 2.51. The lowest BCUT2D eigenvalue weighted by Gasteiger charge is -2.32. The van der Waals surface area contributed by atoms with Gasteiger partial charge in [-0.25, -0.2) is 8.42 Å². The van der Waals surface area contributed by atoms with Crippen molar-refractivity contribution in [2.24, 2.45) is 0 Å². The molecule has 3 amide bonds. The lowest BCUT2D eigenvalue weighted by molar-refractivity contribution is -0.125. The molecule has 1 atom stereocenters. The van der Waals surface area contributed by atoms with Crippen molar-refractivity contribution in [3.63, 3.8) is 0 Å². The van der Waals surface area contributed by atoms with Crippen molar-refractivity contribution >= 4 is 44.5 Å². The first-order valence-electron chi connectivity index (χ1n) is 10.7. The van der Waals surface area contributed by atoms with Gasteiger partial charge in [0, 0.05) is 23.8 Å². The molecular weight excluding hydrogens is 462 g/mol. The molecule has 0 aromatic heterocycles. The van der Waals surface area contributed by atoms with Gasteiger partial charge >= 0.3 is 0 Å². The number of carbonyl (C=O) groups is 3. The average molecular weight is 488 g/mol. The van der Waals surface area contributed by atoms with Crippen molar-refractivity contribution in [1.29, 1.82) is 0 Å². The molecule has 8 nitrogen and oxygen atoms in total. The molecule has 1 N–H and O–H groups in total. The van der Waals surface area contributed by atoms with Crippen LogP contribution in [0, 0.1) is 0 Å². The Hall–Kier alpha value is -2.69. The minimum atomic E-state index is -3.67. The molecule has 1 unspecified atom stereocenters. The first kappa shape index (κ1) is 23.5. The number of anilines is 1. The number of sulfonamides is 1. The first-order chi connectivity index (χ1) is 15.8. The van der Waals surface area contributed by atoms with E-state index in [0.29, 0.717) is 12.2 Å². The molecule has 2 aromatic carbocycles. The summed E-state index contributed by atoms with van der Waals surface area (Å²) in [6, 6.07) is 12.8. The van der Waals surface area contributed by atoms with Crippen LogP contribution in [0.3, 0.4) is 0 Å². The van der Waals surface area contributed by atoms with E-state index in [1.54, 1.807) is 36.4 Å². The molecule has 0 aliphatic carbocycles. The standard InChI is InChI=1S/C23H25N3O5S2/c1-16-5-2-3-12-26(16)33(30,31)20-7-4-6-18(13-20)22(28)24-19-10-8-17(9-11-19)14-25-21(27)15-32-23(25)29/h4,6-11,13,16H,2-3,5,12,14-15H2,1H3,(H,24,28). The molecule has 2 aliphatic rings. The van der Waals surface area contributed by atoms with Gasteiger partial charge in [0.25, 0.3) is 11.1 Å². The minimum absolute atomic E-state index is 0.0653. The summed E-state index contributed by atoms with van der Waals surface area (Å²) in [4.78, 5) is 37.6. The molecular formula is C23H25N3O5S2. The van der Waals surface area contributed by atoms with Crippen LogP contribution in [0.2, 0.25) is 0 Å². The second-order valence-electron chi connectivity index (χ2n) is 8.17. The summed E-state index contributed by atoms with van der Waals surface area (Å²) in [5.41, 5.74) is 1.53. The number of rotatable bonds is 6. The Morgan fingerprint density at radius 1 is 1.12 bits per heavy atom. The van der Waals surface area contributed by atoms with Crippen LogP contribution in [0.25, 0.3) is 0 Å². The number of imide groups is 1. The smallest absolute Gasteiger partial charge is 0.289 e. The van der Waals surface area contributed by atoms with Crippen LogP contribution in [0.4, 0.5) is 10.5 Å². The minimum Gasteiger partial charge on any atom is -0.322 e. The Morgan fingerprint density at radius 3 is 2.55 bits per heavy atom. The zero-order valence-corrected chi connectivity index (χ0v) is 19.8. The van der Waals surface area contributed by atoms with E-state index in [2.05, 4.69) is 5.32 Å². The normalized spacial score (nSPS) is 19.7. The van der Waals surface area contributed by atoms with Gasteiger partial charge in [-0.05, 0) is 55.7 Å². The Bertz CT molecular complexity index is 1160. The van der Waals surface area contributed by atoms with E-state index in [4.69, 9.17) is 0 Å². The lowest BCUT2D eigenvalue weighted by Crippen LogP contribution is -2.41. The molecule has 174 valence electrons. The Morgan fingerprint density at radius 2 is 1.88 bits per heavy atom.